The van der Waals surface area contributed by atoms with E-state index < -0.39 is 0 Å². The molecule has 0 aliphatic carbocycles. The number of halogens is 1. The number of thiocarbonyl (C=S) groups is 1. The van der Waals surface area contributed by atoms with Crippen LogP contribution < -0.4 is 5.32 Å². The first-order chi connectivity index (χ1) is 14.1. The normalized spacial score (nSPS) is 11.8. The number of aliphatic imine (C=N–C) groups is 1. The Hall–Kier alpha value is -3.28. The van der Waals surface area contributed by atoms with Crippen LogP contribution in [0.1, 0.15) is 15.9 Å². The van der Waals surface area contributed by atoms with E-state index in [1.54, 1.807) is 66.7 Å². The van der Waals surface area contributed by atoms with Crippen molar-refractivity contribution in [1.82, 2.24) is 0 Å². The van der Waals surface area contributed by atoms with Crippen LogP contribution in [-0.4, -0.2) is 22.2 Å². The number of aliphatic hydroxyl groups is 1. The molecule has 0 saturated carbocycles. The summed E-state index contributed by atoms with van der Waals surface area (Å²) in [5.41, 5.74) is 1.57. The standard InChI is InChI=1S/C23H17ClN2O2S/c24-19-13-7-8-14-20(19)26-23(29)25-15-18(21(27)16-9-3-1-4-10-16)22(28)17-11-5-2-6-12-17/h1-15,27H,(H,26,29)/b21-18+,25-15+. The molecule has 3 aromatic rings. The van der Waals surface area contributed by atoms with E-state index in [1.807, 2.05) is 18.2 Å². The van der Waals surface area contributed by atoms with E-state index in [2.05, 4.69) is 10.3 Å². The Morgan fingerprint density at radius 1 is 0.897 bits per heavy atom. The molecule has 29 heavy (non-hydrogen) atoms. The second-order valence-electron chi connectivity index (χ2n) is 5.99. The molecule has 0 fully saturated rings. The maximum absolute atomic E-state index is 13.0. The van der Waals surface area contributed by atoms with Crippen LogP contribution in [0.25, 0.3) is 5.76 Å². The number of nitrogens with zero attached hydrogens (tertiary/aromatic N) is 1. The molecule has 3 rings (SSSR count). The molecule has 0 heterocycles. The number of rotatable bonds is 5. The van der Waals surface area contributed by atoms with Crippen LogP contribution >= 0.6 is 23.8 Å². The summed E-state index contributed by atoms with van der Waals surface area (Å²) in [6.45, 7) is 0. The van der Waals surface area contributed by atoms with E-state index in [4.69, 9.17) is 23.8 Å². The molecule has 4 nitrogen and oxygen atoms in total. The topological polar surface area (TPSA) is 61.7 Å². The fourth-order valence-corrected chi connectivity index (χ4v) is 2.90. The van der Waals surface area contributed by atoms with Crippen LogP contribution in [0.5, 0.6) is 0 Å². The van der Waals surface area contributed by atoms with E-state index in [9.17, 15) is 9.90 Å². The average molecular weight is 421 g/mol. The van der Waals surface area contributed by atoms with Gasteiger partial charge in [-0.05, 0) is 24.4 Å². The monoisotopic (exact) mass is 420 g/mol. The van der Waals surface area contributed by atoms with Gasteiger partial charge in [0.2, 0.25) is 0 Å². The third kappa shape index (κ3) is 5.38. The lowest BCUT2D eigenvalue weighted by atomic mass is 10.0. The van der Waals surface area contributed by atoms with Gasteiger partial charge in [-0.3, -0.25) is 4.79 Å². The summed E-state index contributed by atoms with van der Waals surface area (Å²) in [5.74, 6) is -0.542. The van der Waals surface area contributed by atoms with E-state index in [0.29, 0.717) is 21.8 Å². The molecule has 0 spiro atoms. The van der Waals surface area contributed by atoms with Gasteiger partial charge in [-0.25, -0.2) is 4.99 Å². The second-order valence-corrected chi connectivity index (χ2v) is 6.79. The Bertz CT molecular complexity index is 1080. The lowest BCUT2D eigenvalue weighted by Gasteiger charge is -2.08. The van der Waals surface area contributed by atoms with Crippen LogP contribution in [0.4, 0.5) is 5.69 Å². The van der Waals surface area contributed by atoms with Gasteiger partial charge < -0.3 is 10.4 Å². The summed E-state index contributed by atoms with van der Waals surface area (Å²) < 4.78 is 0. The van der Waals surface area contributed by atoms with Gasteiger partial charge in [0.25, 0.3) is 0 Å². The van der Waals surface area contributed by atoms with Crippen LogP contribution in [0, 0.1) is 0 Å². The van der Waals surface area contributed by atoms with Crippen LogP contribution in [-0.2, 0) is 0 Å². The molecule has 0 aliphatic heterocycles. The van der Waals surface area contributed by atoms with Crippen LogP contribution in [0.2, 0.25) is 5.02 Å². The van der Waals surface area contributed by atoms with E-state index >= 15 is 0 Å². The van der Waals surface area contributed by atoms with Crippen molar-refractivity contribution in [2.24, 2.45) is 4.99 Å². The first-order valence-corrected chi connectivity index (χ1v) is 9.53. The minimum absolute atomic E-state index is 0.0331. The zero-order chi connectivity index (χ0) is 20.6. The highest BCUT2D eigenvalue weighted by Gasteiger charge is 2.17. The molecule has 0 aliphatic rings. The minimum atomic E-state index is -0.365. The number of para-hydroxylation sites is 1. The highest BCUT2D eigenvalue weighted by Crippen LogP contribution is 2.21. The van der Waals surface area contributed by atoms with Gasteiger partial charge in [0.1, 0.15) is 5.76 Å². The zero-order valence-corrected chi connectivity index (χ0v) is 16.8. The largest absolute Gasteiger partial charge is 0.506 e. The lowest BCUT2D eigenvalue weighted by Crippen LogP contribution is -2.11. The second kappa shape index (κ2) is 9.78. The molecule has 0 atom stereocenters. The SMILES string of the molecule is O=C(C(/C=N/C(=S)Nc1ccccc1Cl)=C(/O)c1ccccc1)c1ccccc1. The summed E-state index contributed by atoms with van der Waals surface area (Å²) in [7, 11) is 0. The predicted molar refractivity (Wildman–Crippen MR) is 123 cm³/mol. The van der Waals surface area contributed by atoms with Gasteiger partial charge in [-0.15, -0.1) is 0 Å². The Morgan fingerprint density at radius 3 is 2.07 bits per heavy atom. The minimum Gasteiger partial charge on any atom is -0.506 e. The molecule has 0 radical (unpaired) electrons. The molecule has 0 amide bonds. The van der Waals surface area contributed by atoms with Crippen molar-refractivity contribution in [1.29, 1.82) is 0 Å². The molecule has 2 N–H and O–H groups in total. The number of benzene rings is 3. The van der Waals surface area contributed by atoms with E-state index in [-0.39, 0.29) is 22.2 Å². The van der Waals surface area contributed by atoms with E-state index in [1.165, 1.54) is 6.21 Å². The number of ketones is 1. The Labute approximate surface area is 179 Å². The number of carbonyl (C=O) groups excluding carboxylic acids is 1. The summed E-state index contributed by atoms with van der Waals surface area (Å²) >= 11 is 11.4. The number of allylic oxidation sites excluding steroid dienone is 1. The summed E-state index contributed by atoms with van der Waals surface area (Å²) in [5, 5.41) is 14.3. The van der Waals surface area contributed by atoms with Gasteiger partial charge in [0.05, 0.1) is 16.3 Å². The molecule has 6 heteroatoms. The zero-order valence-electron chi connectivity index (χ0n) is 15.2. The summed E-state index contributed by atoms with van der Waals surface area (Å²) in [6.07, 6.45) is 1.27. The molecule has 0 unspecified atom stereocenters. The summed E-state index contributed by atoms with van der Waals surface area (Å²) in [4.78, 5) is 17.1. The van der Waals surface area contributed by atoms with Gasteiger partial charge >= 0.3 is 0 Å². The van der Waals surface area contributed by atoms with Gasteiger partial charge in [-0.2, -0.15) is 0 Å². The molecular formula is C23H17ClN2O2S. The molecule has 144 valence electrons. The number of carbonyl (C=O) groups is 1. The fourth-order valence-electron chi connectivity index (χ4n) is 2.56. The van der Waals surface area contributed by atoms with Crippen molar-refractivity contribution in [2.45, 2.75) is 0 Å². The van der Waals surface area contributed by atoms with Crippen LogP contribution in [0.15, 0.2) is 95.5 Å². The third-order valence-corrected chi connectivity index (χ3v) is 4.55. The van der Waals surface area contributed by atoms with Crippen molar-refractivity contribution in [3.05, 3.63) is 107 Å². The molecule has 0 aromatic heterocycles. The third-order valence-electron chi connectivity index (χ3n) is 4.01. The predicted octanol–water partition coefficient (Wildman–Crippen LogP) is 5.96. The molecular weight excluding hydrogens is 404 g/mol. The van der Waals surface area contributed by atoms with Gasteiger partial charge in [-0.1, -0.05) is 84.4 Å². The fraction of sp³-hybridized carbons (Fsp3) is 0. The maximum atomic E-state index is 13.0. The summed E-state index contributed by atoms with van der Waals surface area (Å²) in [6, 6.07) is 24.6. The first kappa shape index (κ1) is 20.5. The average Bonchev–Trinajstić information content (AvgIpc) is 2.76. The number of aliphatic hydroxyl groups excluding tert-OH is 1. The Balaban J connectivity index is 1.93. The highest BCUT2D eigenvalue weighted by molar-refractivity contribution is 7.80. The Kier molecular flexibility index (Phi) is 6.89. The number of Topliss-reactive ketones (excluding diaryl/α,β-unsaturated/α-hetero) is 1. The number of hydrogen-bond donors (Lipinski definition) is 2. The smallest absolute Gasteiger partial charge is 0.198 e. The molecule has 3 aromatic carbocycles. The quantitative estimate of drug-likeness (QED) is 0.176. The number of nitrogens with one attached hydrogen (secondary N) is 1. The van der Waals surface area contributed by atoms with Crippen molar-refractivity contribution in [3.63, 3.8) is 0 Å². The Morgan fingerprint density at radius 2 is 1.45 bits per heavy atom. The highest BCUT2D eigenvalue weighted by atomic mass is 35.5. The van der Waals surface area contributed by atoms with Crippen molar-refractivity contribution >= 4 is 52.4 Å². The van der Waals surface area contributed by atoms with Gasteiger partial charge in [0, 0.05) is 17.3 Å². The van der Waals surface area contributed by atoms with Crippen LogP contribution in [0.3, 0.4) is 0 Å². The van der Waals surface area contributed by atoms with Crippen molar-refractivity contribution < 1.29 is 9.90 Å². The van der Waals surface area contributed by atoms with Crippen molar-refractivity contribution in [2.75, 3.05) is 5.32 Å². The number of hydrogen-bond acceptors (Lipinski definition) is 3. The van der Waals surface area contributed by atoms with E-state index in [0.717, 1.165) is 0 Å². The lowest BCUT2D eigenvalue weighted by molar-refractivity contribution is 0.104. The maximum Gasteiger partial charge on any atom is 0.198 e. The first-order valence-electron chi connectivity index (χ1n) is 8.74. The van der Waals surface area contributed by atoms with Crippen molar-refractivity contribution in [3.8, 4) is 0 Å². The van der Waals surface area contributed by atoms with Gasteiger partial charge in [0.15, 0.2) is 10.9 Å². The molecule has 0 bridgehead atoms. The molecule has 0 saturated heterocycles. The number of anilines is 1.